The highest BCUT2D eigenvalue weighted by Gasteiger charge is 2.36. The van der Waals surface area contributed by atoms with E-state index in [0.717, 1.165) is 9.99 Å². The molecular weight excluding hydrogens is 254 g/mol. The van der Waals surface area contributed by atoms with Gasteiger partial charge in [-0.3, -0.25) is 9.59 Å². The molecule has 3 nitrogen and oxygen atoms in total. The number of primary amides is 1. The van der Waals surface area contributed by atoms with Gasteiger partial charge in [-0.1, -0.05) is 27.7 Å². The monoisotopic (exact) mass is 273 g/mol. The molecule has 96 valence electrons. The molecule has 1 amide bonds. The zero-order chi connectivity index (χ0) is 13.2. The second-order valence-corrected chi connectivity index (χ2v) is 7.81. The summed E-state index contributed by atoms with van der Waals surface area (Å²) in [4.78, 5) is 23.3. The van der Waals surface area contributed by atoms with E-state index >= 15 is 0 Å². The predicted octanol–water partition coefficient (Wildman–Crippen LogP) is 2.56. The van der Waals surface area contributed by atoms with Crippen molar-refractivity contribution in [3.8, 4) is 0 Å². The molecular formula is C12H19NO2S2. The first-order valence-corrected chi connectivity index (χ1v) is 7.50. The standard InChI is InChI=1S/C12H19NO2S2/c1-5-16-11-9(10(13)15)7(14)6-8(17-11)12(2,3)4/h8H,5-6H2,1-4H3,(H2,13,15). The van der Waals surface area contributed by atoms with Crippen LogP contribution in [0.4, 0.5) is 0 Å². The molecule has 0 aromatic heterocycles. The topological polar surface area (TPSA) is 60.2 Å². The van der Waals surface area contributed by atoms with Crippen molar-refractivity contribution in [2.75, 3.05) is 5.75 Å². The summed E-state index contributed by atoms with van der Waals surface area (Å²) in [6, 6.07) is 0. The van der Waals surface area contributed by atoms with Gasteiger partial charge in [0.15, 0.2) is 5.78 Å². The maximum Gasteiger partial charge on any atom is 0.254 e. The Balaban J connectivity index is 3.07. The Bertz CT molecular complexity index is 369. The Morgan fingerprint density at radius 1 is 1.53 bits per heavy atom. The zero-order valence-electron chi connectivity index (χ0n) is 10.7. The molecule has 0 saturated heterocycles. The minimum absolute atomic E-state index is 0.0447. The predicted molar refractivity (Wildman–Crippen MR) is 74.8 cm³/mol. The quantitative estimate of drug-likeness (QED) is 0.803. The molecule has 0 bridgehead atoms. The van der Waals surface area contributed by atoms with Crippen molar-refractivity contribution in [1.29, 1.82) is 0 Å². The van der Waals surface area contributed by atoms with Gasteiger partial charge >= 0.3 is 0 Å². The first-order valence-electron chi connectivity index (χ1n) is 5.64. The molecule has 17 heavy (non-hydrogen) atoms. The fourth-order valence-electron chi connectivity index (χ4n) is 1.57. The van der Waals surface area contributed by atoms with Gasteiger partial charge in [0.25, 0.3) is 5.91 Å². The van der Waals surface area contributed by atoms with Gasteiger partial charge in [0, 0.05) is 11.7 Å². The molecule has 0 radical (unpaired) electrons. The van der Waals surface area contributed by atoms with E-state index in [1.54, 1.807) is 11.8 Å². The van der Waals surface area contributed by atoms with Crippen LogP contribution in [-0.2, 0) is 9.59 Å². The summed E-state index contributed by atoms with van der Waals surface area (Å²) in [6.45, 7) is 8.34. The van der Waals surface area contributed by atoms with Crippen LogP contribution in [0, 0.1) is 5.41 Å². The van der Waals surface area contributed by atoms with Gasteiger partial charge in [-0.05, 0) is 11.2 Å². The van der Waals surface area contributed by atoms with Gasteiger partial charge in [-0.2, -0.15) is 0 Å². The molecule has 2 N–H and O–H groups in total. The van der Waals surface area contributed by atoms with E-state index < -0.39 is 5.91 Å². The molecule has 0 aromatic carbocycles. The summed E-state index contributed by atoms with van der Waals surface area (Å²) in [5.74, 6) is 0.140. The number of hydrogen-bond donors (Lipinski definition) is 1. The highest BCUT2D eigenvalue weighted by atomic mass is 32.2. The minimum Gasteiger partial charge on any atom is -0.365 e. The number of nitrogens with two attached hydrogens (primary N) is 1. The summed E-state index contributed by atoms with van der Waals surface area (Å²) >= 11 is 3.16. The number of rotatable bonds is 3. The first-order chi connectivity index (χ1) is 7.77. The van der Waals surface area contributed by atoms with Crippen LogP contribution < -0.4 is 5.73 Å². The number of Topliss-reactive ketones (excluding diaryl/α,β-unsaturated/α-hetero) is 1. The Hall–Kier alpha value is -0.420. The third-order valence-corrected chi connectivity index (χ3v) is 5.56. The van der Waals surface area contributed by atoms with E-state index in [2.05, 4.69) is 20.8 Å². The van der Waals surface area contributed by atoms with E-state index in [4.69, 9.17) is 5.73 Å². The number of carbonyl (C=O) groups is 2. The van der Waals surface area contributed by atoms with Gasteiger partial charge in [0.1, 0.15) is 5.57 Å². The zero-order valence-corrected chi connectivity index (χ0v) is 12.3. The van der Waals surface area contributed by atoms with Crippen molar-refractivity contribution in [2.24, 2.45) is 11.1 Å². The second kappa shape index (κ2) is 5.48. The summed E-state index contributed by atoms with van der Waals surface area (Å²) in [7, 11) is 0. The van der Waals surface area contributed by atoms with Crippen LogP contribution in [0.1, 0.15) is 34.1 Å². The van der Waals surface area contributed by atoms with Gasteiger partial charge in [-0.25, -0.2) is 0 Å². The van der Waals surface area contributed by atoms with Gasteiger partial charge < -0.3 is 5.73 Å². The van der Waals surface area contributed by atoms with Gasteiger partial charge in [-0.15, -0.1) is 23.5 Å². The number of hydrogen-bond acceptors (Lipinski definition) is 4. The average Bonchev–Trinajstić information content (AvgIpc) is 2.15. The van der Waals surface area contributed by atoms with Crippen molar-refractivity contribution in [1.82, 2.24) is 0 Å². The van der Waals surface area contributed by atoms with Crippen LogP contribution in [-0.4, -0.2) is 22.7 Å². The van der Waals surface area contributed by atoms with Crippen molar-refractivity contribution in [3.05, 3.63) is 9.81 Å². The van der Waals surface area contributed by atoms with Crippen LogP contribution in [0.25, 0.3) is 0 Å². The number of carbonyl (C=O) groups excluding carboxylic acids is 2. The summed E-state index contributed by atoms with van der Waals surface area (Å²) in [5, 5.41) is 0.215. The highest BCUT2D eigenvalue weighted by Crippen LogP contribution is 2.46. The highest BCUT2D eigenvalue weighted by molar-refractivity contribution is 8.22. The lowest BCUT2D eigenvalue weighted by molar-refractivity contribution is -0.121. The normalized spacial score (nSPS) is 21.9. The van der Waals surface area contributed by atoms with Crippen LogP contribution in [0.5, 0.6) is 0 Å². The maximum atomic E-state index is 12.0. The van der Waals surface area contributed by atoms with Crippen LogP contribution in [0.15, 0.2) is 9.81 Å². The van der Waals surface area contributed by atoms with Crippen molar-refractivity contribution in [2.45, 2.75) is 39.4 Å². The summed E-state index contributed by atoms with van der Waals surface area (Å²) in [6.07, 6.45) is 0.403. The fourth-order valence-corrected chi connectivity index (χ4v) is 4.35. The molecule has 1 atom stereocenters. The number of thioether (sulfide) groups is 2. The molecule has 0 fully saturated rings. The van der Waals surface area contributed by atoms with Crippen LogP contribution >= 0.6 is 23.5 Å². The van der Waals surface area contributed by atoms with E-state index in [9.17, 15) is 9.59 Å². The number of ketones is 1. The average molecular weight is 273 g/mol. The molecule has 1 heterocycles. The molecule has 0 spiro atoms. The van der Waals surface area contributed by atoms with Crippen LogP contribution in [0.3, 0.4) is 0 Å². The summed E-state index contributed by atoms with van der Waals surface area (Å²) in [5.41, 5.74) is 5.54. The number of amides is 1. The minimum atomic E-state index is -0.592. The molecule has 1 aliphatic rings. The van der Waals surface area contributed by atoms with Gasteiger partial charge in [0.2, 0.25) is 0 Å². The smallest absolute Gasteiger partial charge is 0.254 e. The van der Waals surface area contributed by atoms with Crippen LogP contribution in [0.2, 0.25) is 0 Å². The largest absolute Gasteiger partial charge is 0.365 e. The molecule has 0 saturated carbocycles. The Labute approximate surface area is 111 Å². The fraction of sp³-hybridized carbons (Fsp3) is 0.667. The first kappa shape index (κ1) is 14.6. The van der Waals surface area contributed by atoms with E-state index in [1.165, 1.54) is 11.8 Å². The summed E-state index contributed by atoms with van der Waals surface area (Å²) < 4.78 is 0.802. The lowest BCUT2D eigenvalue weighted by Crippen LogP contribution is -2.33. The van der Waals surface area contributed by atoms with Gasteiger partial charge in [0.05, 0.1) is 4.24 Å². The van der Waals surface area contributed by atoms with E-state index in [0.29, 0.717) is 6.42 Å². The Kier molecular flexibility index (Phi) is 4.72. The van der Waals surface area contributed by atoms with E-state index in [1.807, 2.05) is 6.92 Å². The second-order valence-electron chi connectivity index (χ2n) is 5.06. The maximum absolute atomic E-state index is 12.0. The lowest BCUT2D eigenvalue weighted by Gasteiger charge is -2.33. The Morgan fingerprint density at radius 3 is 2.53 bits per heavy atom. The van der Waals surface area contributed by atoms with Crippen molar-refractivity contribution in [3.63, 3.8) is 0 Å². The Morgan fingerprint density at radius 2 is 2.12 bits per heavy atom. The molecule has 0 aliphatic carbocycles. The van der Waals surface area contributed by atoms with E-state index in [-0.39, 0.29) is 22.0 Å². The van der Waals surface area contributed by atoms with Crippen molar-refractivity contribution < 1.29 is 9.59 Å². The molecule has 1 aliphatic heterocycles. The SMILES string of the molecule is CCSC1=C(C(N)=O)C(=O)CC(C(C)(C)C)S1. The molecule has 1 unspecified atom stereocenters. The third-order valence-electron chi connectivity index (χ3n) is 2.59. The van der Waals surface area contributed by atoms with Crippen molar-refractivity contribution >= 4 is 35.2 Å². The lowest BCUT2D eigenvalue weighted by atomic mass is 9.87. The molecule has 1 rings (SSSR count). The third kappa shape index (κ3) is 3.52. The molecule has 5 heteroatoms. The molecule has 0 aromatic rings.